The van der Waals surface area contributed by atoms with Gasteiger partial charge in [-0.1, -0.05) is 0 Å². The predicted molar refractivity (Wildman–Crippen MR) is 108 cm³/mol. The molecule has 16 nitrogen and oxygen atoms in total. The van der Waals surface area contributed by atoms with Crippen LogP contribution in [0.15, 0.2) is 0 Å². The fourth-order valence-corrected chi connectivity index (χ4v) is 2.42. The average molecular weight is 476 g/mol. The van der Waals surface area contributed by atoms with E-state index in [1.807, 2.05) is 10.6 Å². The fraction of sp³-hybridized carbons (Fsp3) is 0.588. The van der Waals surface area contributed by atoms with Gasteiger partial charge in [-0.15, -0.1) is 0 Å². The first-order valence-corrected chi connectivity index (χ1v) is 9.51. The number of carbonyl (C=O) groups excluding carboxylic acids is 5. The van der Waals surface area contributed by atoms with Gasteiger partial charge in [-0.3, -0.25) is 28.8 Å². The number of aliphatic carboxylic acids is 2. The zero-order chi connectivity index (χ0) is 25.9. The lowest BCUT2D eigenvalue weighted by Gasteiger charge is -2.24. The van der Waals surface area contributed by atoms with Gasteiger partial charge < -0.3 is 48.5 Å². The number of nitrogens with one attached hydrogen (secondary N) is 3. The first-order chi connectivity index (χ1) is 15.1. The number of amides is 5. The lowest BCUT2D eigenvalue weighted by atomic mass is 10.1. The van der Waals surface area contributed by atoms with Crippen molar-refractivity contribution in [3.8, 4) is 0 Å². The van der Waals surface area contributed by atoms with Gasteiger partial charge >= 0.3 is 11.9 Å². The molecule has 0 aliphatic carbocycles. The Labute approximate surface area is 187 Å². The quantitative estimate of drug-likeness (QED) is 0.108. The molecular formula is C17H28N6O10. The molecule has 0 aromatic heterocycles. The second kappa shape index (κ2) is 13.6. The Hall–Kier alpha value is -3.79. The monoisotopic (exact) mass is 476 g/mol. The van der Waals surface area contributed by atoms with Crippen molar-refractivity contribution < 1.29 is 48.9 Å². The third-order valence-electron chi connectivity index (χ3n) is 4.13. The van der Waals surface area contributed by atoms with Crippen LogP contribution in [0.1, 0.15) is 32.6 Å². The molecule has 16 heteroatoms. The van der Waals surface area contributed by atoms with Gasteiger partial charge in [-0.05, 0) is 13.3 Å². The molecule has 0 saturated heterocycles. The second-order valence-corrected chi connectivity index (χ2v) is 7.07. The van der Waals surface area contributed by atoms with E-state index >= 15 is 0 Å². The van der Waals surface area contributed by atoms with E-state index < -0.39 is 84.6 Å². The van der Waals surface area contributed by atoms with Crippen LogP contribution in [0.3, 0.4) is 0 Å². The maximum Gasteiger partial charge on any atom is 0.328 e. The Bertz CT molecular complexity index is 786. The Balaban J connectivity index is 5.51. The summed E-state index contributed by atoms with van der Waals surface area (Å²) in [6.45, 7) is 1.06. The number of aliphatic hydroxyl groups is 1. The number of hydrogen-bond acceptors (Lipinski definition) is 9. The summed E-state index contributed by atoms with van der Waals surface area (Å²) in [7, 11) is 0. The van der Waals surface area contributed by atoms with Gasteiger partial charge in [0.15, 0.2) is 6.04 Å². The van der Waals surface area contributed by atoms with Gasteiger partial charge in [0, 0.05) is 6.42 Å². The number of aliphatic hydroxyl groups excluding tert-OH is 1. The highest BCUT2D eigenvalue weighted by atomic mass is 16.4. The van der Waals surface area contributed by atoms with Crippen molar-refractivity contribution in [2.45, 2.75) is 62.9 Å². The van der Waals surface area contributed by atoms with E-state index in [1.54, 1.807) is 0 Å². The summed E-state index contributed by atoms with van der Waals surface area (Å²) in [6, 6.07) is -6.62. The molecule has 0 rings (SSSR count). The van der Waals surface area contributed by atoms with Crippen LogP contribution in [-0.4, -0.2) is 87.1 Å². The first-order valence-electron chi connectivity index (χ1n) is 9.51. The van der Waals surface area contributed by atoms with Crippen molar-refractivity contribution in [3.63, 3.8) is 0 Å². The van der Waals surface area contributed by atoms with Crippen LogP contribution in [0, 0.1) is 0 Å². The summed E-state index contributed by atoms with van der Waals surface area (Å²) in [5, 5.41) is 33.5. The molecule has 5 atom stereocenters. The van der Waals surface area contributed by atoms with Crippen molar-refractivity contribution in [2.75, 3.05) is 0 Å². The normalized spacial score (nSPS) is 15.1. The standard InChI is InChI=1S/C17H28N6O10/c1-6(24)13(17(32)33)23-16(31)9(5-12(27)28)22-15(30)8(4-11(20)26)21-14(29)7(18)2-3-10(19)25/h6-9,13,24H,2-5,18H2,1H3,(H2,19,25)(H2,20,26)(H,21,29)(H,22,30)(H,23,31)(H,27,28)(H,32,33). The molecule has 5 amide bonds. The summed E-state index contributed by atoms with van der Waals surface area (Å²) in [4.78, 5) is 81.4. The third-order valence-corrected chi connectivity index (χ3v) is 4.13. The molecule has 5 unspecified atom stereocenters. The lowest BCUT2D eigenvalue weighted by Crippen LogP contribution is -2.59. The van der Waals surface area contributed by atoms with E-state index in [-0.39, 0.29) is 12.8 Å². The molecule has 0 aliphatic heterocycles. The predicted octanol–water partition coefficient (Wildman–Crippen LogP) is -5.15. The molecule has 12 N–H and O–H groups in total. The number of nitrogens with two attached hydrogens (primary N) is 3. The molecule has 0 fully saturated rings. The Morgan fingerprint density at radius 1 is 0.788 bits per heavy atom. The minimum absolute atomic E-state index is 0.175. The van der Waals surface area contributed by atoms with Gasteiger partial charge in [-0.2, -0.15) is 0 Å². The van der Waals surface area contributed by atoms with Crippen LogP contribution in [0.2, 0.25) is 0 Å². The highest BCUT2D eigenvalue weighted by Gasteiger charge is 2.33. The summed E-state index contributed by atoms with van der Waals surface area (Å²) in [6.07, 6.45) is -3.73. The van der Waals surface area contributed by atoms with Crippen molar-refractivity contribution >= 4 is 41.5 Å². The summed E-state index contributed by atoms with van der Waals surface area (Å²) in [5.74, 6) is -8.37. The minimum atomic E-state index is -1.84. The molecule has 186 valence electrons. The largest absolute Gasteiger partial charge is 0.481 e. The maximum atomic E-state index is 12.6. The maximum absolute atomic E-state index is 12.6. The highest BCUT2D eigenvalue weighted by Crippen LogP contribution is 2.02. The van der Waals surface area contributed by atoms with Crippen molar-refractivity contribution in [2.24, 2.45) is 17.2 Å². The summed E-state index contributed by atoms with van der Waals surface area (Å²) < 4.78 is 0. The number of carboxylic acid groups (broad SMARTS) is 2. The SMILES string of the molecule is CC(O)C(NC(=O)C(CC(=O)O)NC(=O)C(CC(N)=O)NC(=O)C(N)CCC(N)=O)C(=O)O. The lowest BCUT2D eigenvalue weighted by molar-refractivity contribution is -0.146. The van der Waals surface area contributed by atoms with Crippen molar-refractivity contribution in [1.82, 2.24) is 16.0 Å². The van der Waals surface area contributed by atoms with Crippen LogP contribution >= 0.6 is 0 Å². The van der Waals surface area contributed by atoms with Gasteiger partial charge in [0.05, 0.1) is 25.0 Å². The van der Waals surface area contributed by atoms with Crippen LogP contribution < -0.4 is 33.2 Å². The number of carbonyl (C=O) groups is 7. The van der Waals surface area contributed by atoms with Crippen LogP contribution in [0.4, 0.5) is 0 Å². The molecular weight excluding hydrogens is 448 g/mol. The minimum Gasteiger partial charge on any atom is -0.481 e. The van der Waals surface area contributed by atoms with Gasteiger partial charge in [0.2, 0.25) is 29.5 Å². The molecule has 33 heavy (non-hydrogen) atoms. The molecule has 0 saturated carbocycles. The van der Waals surface area contributed by atoms with E-state index in [9.17, 15) is 38.7 Å². The summed E-state index contributed by atoms with van der Waals surface area (Å²) in [5.41, 5.74) is 15.6. The van der Waals surface area contributed by atoms with E-state index in [0.717, 1.165) is 6.92 Å². The topological polar surface area (TPSA) is 294 Å². The van der Waals surface area contributed by atoms with Crippen molar-refractivity contribution in [1.29, 1.82) is 0 Å². The average Bonchev–Trinajstić information content (AvgIpc) is 2.67. The Kier molecular flexibility index (Phi) is 12.0. The Morgan fingerprint density at radius 3 is 1.70 bits per heavy atom. The molecule has 0 spiro atoms. The van der Waals surface area contributed by atoms with Crippen LogP contribution in [0.25, 0.3) is 0 Å². The van der Waals surface area contributed by atoms with E-state index in [2.05, 4.69) is 5.32 Å². The molecule has 0 bridgehead atoms. The van der Waals surface area contributed by atoms with Gasteiger partial charge in [-0.25, -0.2) is 4.79 Å². The zero-order valence-corrected chi connectivity index (χ0v) is 17.6. The number of hydrogen-bond donors (Lipinski definition) is 9. The van der Waals surface area contributed by atoms with E-state index in [0.29, 0.717) is 0 Å². The fourth-order valence-electron chi connectivity index (χ4n) is 2.42. The molecule has 0 aromatic carbocycles. The zero-order valence-electron chi connectivity index (χ0n) is 17.6. The third kappa shape index (κ3) is 11.4. The molecule has 0 radical (unpaired) electrons. The van der Waals surface area contributed by atoms with Gasteiger partial charge in [0.1, 0.15) is 12.1 Å². The number of rotatable bonds is 15. The highest BCUT2D eigenvalue weighted by molar-refractivity contribution is 5.97. The molecule has 0 aromatic rings. The van der Waals surface area contributed by atoms with E-state index in [1.165, 1.54) is 0 Å². The molecule has 0 aliphatic rings. The second-order valence-electron chi connectivity index (χ2n) is 7.07. The van der Waals surface area contributed by atoms with E-state index in [4.69, 9.17) is 27.4 Å². The number of primary amides is 2. The summed E-state index contributed by atoms with van der Waals surface area (Å²) >= 11 is 0. The van der Waals surface area contributed by atoms with Crippen LogP contribution in [-0.2, 0) is 33.6 Å². The van der Waals surface area contributed by atoms with Gasteiger partial charge in [0.25, 0.3) is 0 Å². The van der Waals surface area contributed by atoms with Crippen LogP contribution in [0.5, 0.6) is 0 Å². The Morgan fingerprint density at radius 2 is 1.27 bits per heavy atom. The van der Waals surface area contributed by atoms with Crippen molar-refractivity contribution in [3.05, 3.63) is 0 Å². The molecule has 0 heterocycles. The first kappa shape index (κ1) is 29.2. The number of carboxylic acids is 2. The smallest absolute Gasteiger partial charge is 0.328 e.